The highest BCUT2D eigenvalue weighted by molar-refractivity contribution is 5.92. The highest BCUT2D eigenvalue weighted by atomic mass is 16.4. The first-order valence-corrected chi connectivity index (χ1v) is 4.47. The summed E-state index contributed by atoms with van der Waals surface area (Å²) in [6, 6.07) is 3.21. The second kappa shape index (κ2) is 5.04. The van der Waals surface area contributed by atoms with Crippen molar-refractivity contribution >= 4 is 17.9 Å². The summed E-state index contributed by atoms with van der Waals surface area (Å²) in [5.41, 5.74) is 0.683. The van der Waals surface area contributed by atoms with E-state index in [1.807, 2.05) is 0 Å². The average molecular weight is 220 g/mol. The van der Waals surface area contributed by atoms with E-state index in [9.17, 15) is 4.79 Å². The first kappa shape index (κ1) is 11.9. The van der Waals surface area contributed by atoms with Gasteiger partial charge in [0.1, 0.15) is 5.69 Å². The van der Waals surface area contributed by atoms with Crippen LogP contribution in [0.4, 0.5) is 5.69 Å². The van der Waals surface area contributed by atoms with Crippen LogP contribution in [0.15, 0.2) is 29.9 Å². The Labute approximate surface area is 92.7 Å². The minimum atomic E-state index is -1.15. The molecule has 84 valence electrons. The molecule has 6 heteroatoms. The average Bonchev–Trinajstić information content (AvgIpc) is 2.25. The van der Waals surface area contributed by atoms with Crippen molar-refractivity contribution in [1.29, 1.82) is 0 Å². The normalized spacial score (nSPS) is 10.4. The van der Waals surface area contributed by atoms with Gasteiger partial charge >= 0.3 is 5.97 Å². The summed E-state index contributed by atoms with van der Waals surface area (Å²) in [4.78, 5) is 14.8. The summed E-state index contributed by atoms with van der Waals surface area (Å²) < 4.78 is 0. The largest absolute Gasteiger partial charge is 0.476 e. The molecular formula is C10H12N4O2. The van der Waals surface area contributed by atoms with Gasteiger partial charge in [0.2, 0.25) is 0 Å². The third-order valence-electron chi connectivity index (χ3n) is 1.76. The number of aromatic carboxylic acids is 1. The Hall–Kier alpha value is -2.21. The third-order valence-corrected chi connectivity index (χ3v) is 1.76. The standard InChI is InChI=1S/C10H12N4O2/c1-3-6-12-14(11)8-5-4-7(2)13-9(8)10(15)16/h3-6H,1,11H2,2H3,(H,15,16)/b12-6-. The van der Waals surface area contributed by atoms with Gasteiger partial charge in [0.25, 0.3) is 0 Å². The second-order valence-corrected chi connectivity index (χ2v) is 2.97. The van der Waals surface area contributed by atoms with Gasteiger partial charge in [-0.1, -0.05) is 6.58 Å². The molecule has 0 spiro atoms. The molecule has 0 saturated heterocycles. The zero-order valence-corrected chi connectivity index (χ0v) is 8.79. The molecule has 1 rings (SSSR count). The number of hydrogen-bond donors (Lipinski definition) is 2. The van der Waals surface area contributed by atoms with Crippen molar-refractivity contribution in [3.05, 3.63) is 36.2 Å². The maximum atomic E-state index is 10.9. The summed E-state index contributed by atoms with van der Waals surface area (Å²) in [7, 11) is 0. The quantitative estimate of drug-likeness (QED) is 0.447. The summed E-state index contributed by atoms with van der Waals surface area (Å²) in [6.07, 6.45) is 2.79. The van der Waals surface area contributed by atoms with E-state index in [1.165, 1.54) is 12.3 Å². The number of hydrazone groups is 1. The molecule has 0 aliphatic heterocycles. The fourth-order valence-corrected chi connectivity index (χ4v) is 1.07. The van der Waals surface area contributed by atoms with Gasteiger partial charge in [-0.05, 0) is 25.1 Å². The molecule has 0 fully saturated rings. The lowest BCUT2D eigenvalue weighted by molar-refractivity contribution is 0.0691. The van der Waals surface area contributed by atoms with Crippen molar-refractivity contribution in [1.82, 2.24) is 4.98 Å². The molecule has 1 aromatic rings. The number of aryl methyl sites for hydroxylation is 1. The van der Waals surface area contributed by atoms with Crippen molar-refractivity contribution in [2.45, 2.75) is 6.92 Å². The Bertz CT molecular complexity index is 442. The fraction of sp³-hybridized carbons (Fsp3) is 0.100. The summed E-state index contributed by atoms with van der Waals surface area (Å²) in [5.74, 6) is 4.40. The maximum absolute atomic E-state index is 10.9. The molecule has 16 heavy (non-hydrogen) atoms. The number of hydrogen-bond acceptors (Lipinski definition) is 5. The van der Waals surface area contributed by atoms with Crippen molar-refractivity contribution in [2.24, 2.45) is 10.9 Å². The number of allylic oxidation sites excluding steroid dienone is 1. The number of aromatic nitrogens is 1. The van der Waals surface area contributed by atoms with Crippen LogP contribution >= 0.6 is 0 Å². The van der Waals surface area contributed by atoms with E-state index in [2.05, 4.69) is 16.7 Å². The van der Waals surface area contributed by atoms with Crippen LogP contribution in [0.3, 0.4) is 0 Å². The molecule has 0 bridgehead atoms. The number of nitrogens with two attached hydrogens (primary N) is 1. The molecule has 0 radical (unpaired) electrons. The maximum Gasteiger partial charge on any atom is 0.356 e. The van der Waals surface area contributed by atoms with Gasteiger partial charge in [-0.3, -0.25) is 0 Å². The lowest BCUT2D eigenvalue weighted by atomic mass is 10.2. The lowest BCUT2D eigenvalue weighted by Gasteiger charge is -2.13. The minimum absolute atomic E-state index is 0.135. The number of carboxylic acids is 1. The smallest absolute Gasteiger partial charge is 0.356 e. The predicted octanol–water partition coefficient (Wildman–Crippen LogP) is 0.940. The van der Waals surface area contributed by atoms with Gasteiger partial charge in [-0.15, -0.1) is 0 Å². The number of carbonyl (C=O) groups is 1. The highest BCUT2D eigenvalue weighted by Crippen LogP contribution is 2.17. The Morgan fingerprint density at radius 2 is 2.38 bits per heavy atom. The van der Waals surface area contributed by atoms with Crippen molar-refractivity contribution in [3.8, 4) is 0 Å². The molecular weight excluding hydrogens is 208 g/mol. The Morgan fingerprint density at radius 3 is 2.94 bits per heavy atom. The van der Waals surface area contributed by atoms with Crippen LogP contribution in [-0.4, -0.2) is 22.3 Å². The van der Waals surface area contributed by atoms with Crippen molar-refractivity contribution < 1.29 is 9.90 Å². The number of pyridine rings is 1. The molecule has 0 aromatic carbocycles. The van der Waals surface area contributed by atoms with Gasteiger partial charge in [-0.25, -0.2) is 15.6 Å². The molecule has 1 aromatic heterocycles. The van der Waals surface area contributed by atoms with E-state index in [-0.39, 0.29) is 11.4 Å². The van der Waals surface area contributed by atoms with E-state index < -0.39 is 5.97 Å². The first-order valence-electron chi connectivity index (χ1n) is 4.47. The van der Waals surface area contributed by atoms with Gasteiger partial charge < -0.3 is 5.11 Å². The molecule has 3 N–H and O–H groups in total. The zero-order chi connectivity index (χ0) is 12.1. The zero-order valence-electron chi connectivity index (χ0n) is 8.79. The van der Waals surface area contributed by atoms with Crippen molar-refractivity contribution in [2.75, 3.05) is 5.12 Å². The lowest BCUT2D eigenvalue weighted by Crippen LogP contribution is -2.27. The Balaban J connectivity index is 3.16. The van der Waals surface area contributed by atoms with Gasteiger partial charge in [0.15, 0.2) is 5.69 Å². The van der Waals surface area contributed by atoms with Gasteiger partial charge in [-0.2, -0.15) is 10.2 Å². The molecule has 0 aliphatic rings. The number of anilines is 1. The van der Waals surface area contributed by atoms with Crippen molar-refractivity contribution in [3.63, 3.8) is 0 Å². The van der Waals surface area contributed by atoms with E-state index in [4.69, 9.17) is 10.9 Å². The highest BCUT2D eigenvalue weighted by Gasteiger charge is 2.15. The summed E-state index contributed by atoms with van der Waals surface area (Å²) >= 11 is 0. The molecule has 0 unspecified atom stereocenters. The van der Waals surface area contributed by atoms with Crippen LogP contribution in [-0.2, 0) is 0 Å². The summed E-state index contributed by atoms with van der Waals surface area (Å²) in [5, 5.41) is 13.6. The van der Waals surface area contributed by atoms with E-state index in [0.717, 1.165) is 5.12 Å². The molecule has 0 aliphatic carbocycles. The monoisotopic (exact) mass is 220 g/mol. The minimum Gasteiger partial charge on any atom is -0.476 e. The van der Waals surface area contributed by atoms with E-state index in [1.54, 1.807) is 19.1 Å². The molecule has 1 heterocycles. The Kier molecular flexibility index (Phi) is 3.73. The molecule has 6 nitrogen and oxygen atoms in total. The van der Waals surface area contributed by atoms with Crippen LogP contribution in [0.2, 0.25) is 0 Å². The van der Waals surface area contributed by atoms with Crippen LogP contribution < -0.4 is 11.0 Å². The van der Waals surface area contributed by atoms with Crippen LogP contribution in [0.5, 0.6) is 0 Å². The van der Waals surface area contributed by atoms with E-state index in [0.29, 0.717) is 5.69 Å². The van der Waals surface area contributed by atoms with Gasteiger partial charge in [0, 0.05) is 11.9 Å². The topological polar surface area (TPSA) is 91.8 Å². The predicted molar refractivity (Wildman–Crippen MR) is 61.3 cm³/mol. The molecule has 0 saturated carbocycles. The first-order chi connectivity index (χ1) is 7.56. The Morgan fingerprint density at radius 1 is 1.69 bits per heavy atom. The molecule has 0 atom stereocenters. The second-order valence-electron chi connectivity index (χ2n) is 2.97. The fourth-order valence-electron chi connectivity index (χ4n) is 1.07. The van der Waals surface area contributed by atoms with Gasteiger partial charge in [0.05, 0.1) is 0 Å². The summed E-state index contributed by atoms with van der Waals surface area (Å²) in [6.45, 7) is 5.13. The van der Waals surface area contributed by atoms with E-state index >= 15 is 0 Å². The number of hydrazine groups is 1. The number of carboxylic acid groups (broad SMARTS) is 1. The number of rotatable bonds is 4. The SMILES string of the molecule is C=C/C=N\N(N)c1ccc(C)nc1C(=O)O. The van der Waals surface area contributed by atoms with Crippen LogP contribution in [0.1, 0.15) is 16.2 Å². The van der Waals surface area contributed by atoms with Crippen LogP contribution in [0.25, 0.3) is 0 Å². The molecule has 0 amide bonds. The van der Waals surface area contributed by atoms with Crippen LogP contribution in [0, 0.1) is 6.92 Å². The number of nitrogens with zero attached hydrogens (tertiary/aromatic N) is 3. The third kappa shape index (κ3) is 2.64.